The Morgan fingerprint density at radius 2 is 0.697 bits per heavy atom. The van der Waals surface area contributed by atoms with Gasteiger partial charge in [0.2, 0.25) is 0 Å². The third kappa shape index (κ3) is 53.4. The normalized spacial score (nSPS) is 13.0. The second kappa shape index (κ2) is 56.1. The molecule has 0 saturated carbocycles. The van der Waals surface area contributed by atoms with Gasteiger partial charge in [0.1, 0.15) is 6.61 Å². The highest BCUT2D eigenvalue weighted by Gasteiger charge is 2.17. The highest BCUT2D eigenvalue weighted by atomic mass is 16.6. The van der Waals surface area contributed by atoms with E-state index in [0.29, 0.717) is 19.4 Å². The Labute approximate surface area is 409 Å². The van der Waals surface area contributed by atoms with Crippen LogP contribution in [-0.4, -0.2) is 37.9 Å². The lowest BCUT2D eigenvalue weighted by molar-refractivity contribution is -0.163. The first-order chi connectivity index (χ1) is 32.6. The first kappa shape index (κ1) is 62.8. The molecular weight excluding hydrogens is 813 g/mol. The van der Waals surface area contributed by atoms with E-state index in [2.05, 4.69) is 118 Å². The van der Waals surface area contributed by atoms with Crippen molar-refractivity contribution in [2.45, 2.75) is 258 Å². The number of ether oxygens (including phenoxy) is 3. The molecule has 0 bridgehead atoms. The lowest BCUT2D eigenvalue weighted by Crippen LogP contribution is -2.30. The molecule has 0 aliphatic heterocycles. The van der Waals surface area contributed by atoms with Gasteiger partial charge in [0.25, 0.3) is 0 Å². The van der Waals surface area contributed by atoms with E-state index in [9.17, 15) is 9.59 Å². The number of rotatable bonds is 50. The number of carbonyl (C=O) groups is 2. The summed E-state index contributed by atoms with van der Waals surface area (Å²) in [5.74, 6) is -0.481. The molecule has 1 atom stereocenters. The highest BCUT2D eigenvalue weighted by Crippen LogP contribution is 2.13. The number of hydrogen-bond donors (Lipinski definition) is 0. The molecule has 66 heavy (non-hydrogen) atoms. The van der Waals surface area contributed by atoms with Gasteiger partial charge in [-0.2, -0.15) is 0 Å². The van der Waals surface area contributed by atoms with E-state index in [-0.39, 0.29) is 25.2 Å². The Morgan fingerprint density at radius 1 is 0.348 bits per heavy atom. The molecule has 5 heteroatoms. The van der Waals surface area contributed by atoms with Crippen molar-refractivity contribution >= 4 is 11.9 Å². The van der Waals surface area contributed by atoms with Crippen LogP contribution in [0.3, 0.4) is 0 Å². The summed E-state index contributed by atoms with van der Waals surface area (Å²) in [5, 5.41) is 0. The van der Waals surface area contributed by atoms with Crippen LogP contribution >= 0.6 is 0 Å². The Balaban J connectivity index is 4.39. The fraction of sp³-hybridized carbons (Fsp3) is 0.705. The Bertz CT molecular complexity index is 1270. The van der Waals surface area contributed by atoms with Crippen LogP contribution in [0.2, 0.25) is 0 Å². The van der Waals surface area contributed by atoms with Crippen LogP contribution in [0.5, 0.6) is 0 Å². The molecule has 0 aliphatic rings. The van der Waals surface area contributed by atoms with Crippen molar-refractivity contribution in [2.24, 2.45) is 0 Å². The van der Waals surface area contributed by atoms with Crippen LogP contribution in [0.4, 0.5) is 0 Å². The zero-order valence-electron chi connectivity index (χ0n) is 43.4. The average Bonchev–Trinajstić information content (AvgIpc) is 3.32. The van der Waals surface area contributed by atoms with Crippen LogP contribution in [0.25, 0.3) is 0 Å². The third-order valence-electron chi connectivity index (χ3n) is 11.6. The number of hydrogen-bond acceptors (Lipinski definition) is 5. The van der Waals surface area contributed by atoms with Gasteiger partial charge in [0, 0.05) is 19.4 Å². The van der Waals surface area contributed by atoms with Crippen molar-refractivity contribution in [3.05, 3.63) is 97.2 Å². The summed E-state index contributed by atoms with van der Waals surface area (Å²) in [6.45, 7) is 7.61. The van der Waals surface area contributed by atoms with Crippen molar-refractivity contribution in [3.63, 3.8) is 0 Å². The maximum Gasteiger partial charge on any atom is 0.306 e. The van der Waals surface area contributed by atoms with Crippen LogP contribution in [-0.2, 0) is 23.8 Å². The molecule has 0 N–H and O–H groups in total. The molecule has 378 valence electrons. The summed E-state index contributed by atoms with van der Waals surface area (Å²) in [6.07, 6.45) is 75.7. The maximum atomic E-state index is 12.8. The summed E-state index contributed by atoms with van der Waals surface area (Å²) in [5.41, 5.74) is 0. The van der Waals surface area contributed by atoms with E-state index in [1.807, 2.05) is 0 Å². The van der Waals surface area contributed by atoms with Gasteiger partial charge in [0.05, 0.1) is 6.61 Å². The van der Waals surface area contributed by atoms with Gasteiger partial charge in [-0.05, 0) is 116 Å². The molecule has 0 aliphatic carbocycles. The number of unbranched alkanes of at least 4 members (excludes halogenated alkanes) is 23. The van der Waals surface area contributed by atoms with Crippen LogP contribution < -0.4 is 0 Å². The van der Waals surface area contributed by atoms with Gasteiger partial charge in [0.15, 0.2) is 6.10 Å². The van der Waals surface area contributed by atoms with Crippen LogP contribution in [0, 0.1) is 0 Å². The van der Waals surface area contributed by atoms with E-state index in [4.69, 9.17) is 14.2 Å². The molecule has 1 unspecified atom stereocenters. The van der Waals surface area contributed by atoms with Crippen molar-refractivity contribution in [1.82, 2.24) is 0 Å². The van der Waals surface area contributed by atoms with Gasteiger partial charge in [-0.3, -0.25) is 9.59 Å². The monoisotopic (exact) mass is 917 g/mol. The second-order valence-electron chi connectivity index (χ2n) is 18.1. The Hall–Kier alpha value is -3.18. The quantitative estimate of drug-likeness (QED) is 0.0346. The van der Waals surface area contributed by atoms with E-state index >= 15 is 0 Å². The molecular formula is C61H104O5. The minimum Gasteiger partial charge on any atom is -0.462 e. The molecule has 0 aromatic carbocycles. The standard InChI is InChI=1S/C61H104O5/c1-4-7-10-13-16-19-22-25-28-30-32-35-38-41-44-47-50-53-56-64-57-59(66-61(63)55-52-49-46-43-40-37-33-27-24-21-18-15-12-9-6-3)58-65-60(62)54-51-48-45-42-39-36-34-31-29-26-23-20-17-14-11-8-5-2/h8,11,17-18,20-21,25-29,33-34,36,42,45,59H,4-7,9-10,12-16,19,22-24,30-32,35,37-41,43-44,46-58H2,1-3H3/b11-8-,20-17-,21-18-,28-25-,29-26-,33-27-,36-34-,45-42-. The van der Waals surface area contributed by atoms with Crippen molar-refractivity contribution in [2.75, 3.05) is 19.8 Å². The molecule has 5 nitrogen and oxygen atoms in total. The topological polar surface area (TPSA) is 61.8 Å². The van der Waals surface area contributed by atoms with Gasteiger partial charge in [-0.25, -0.2) is 0 Å². The average molecular weight is 917 g/mol. The van der Waals surface area contributed by atoms with Gasteiger partial charge in [-0.1, -0.05) is 221 Å². The first-order valence-electron chi connectivity index (χ1n) is 27.8. The zero-order chi connectivity index (χ0) is 47.7. The molecule has 0 aromatic rings. The number of carbonyl (C=O) groups excluding carboxylic acids is 2. The maximum absolute atomic E-state index is 12.8. The lowest BCUT2D eigenvalue weighted by Gasteiger charge is -2.18. The minimum absolute atomic E-state index is 0.0450. The predicted molar refractivity (Wildman–Crippen MR) is 288 cm³/mol. The summed E-state index contributed by atoms with van der Waals surface area (Å²) in [7, 11) is 0. The number of allylic oxidation sites excluding steroid dienone is 16. The van der Waals surface area contributed by atoms with Gasteiger partial charge in [-0.15, -0.1) is 0 Å². The summed E-state index contributed by atoms with van der Waals surface area (Å²) >= 11 is 0. The fourth-order valence-electron chi connectivity index (χ4n) is 7.45. The largest absolute Gasteiger partial charge is 0.462 e. The lowest BCUT2D eigenvalue weighted by atomic mass is 10.1. The Kier molecular flexibility index (Phi) is 53.4. The zero-order valence-corrected chi connectivity index (χ0v) is 43.4. The smallest absolute Gasteiger partial charge is 0.306 e. The van der Waals surface area contributed by atoms with Crippen molar-refractivity contribution in [3.8, 4) is 0 Å². The summed E-state index contributed by atoms with van der Waals surface area (Å²) < 4.78 is 17.4. The molecule has 0 fully saturated rings. The SMILES string of the molecule is CC/C=C\C/C=C\C/C=C\C/C=C\C/C=C\CCCC(=O)OCC(COCCCCCCCCCC/C=C\CCCCCCCC)OC(=O)CCCCCCC/C=C\C/C=C\CCCCC. The molecule has 0 amide bonds. The second-order valence-corrected chi connectivity index (χ2v) is 18.1. The van der Waals surface area contributed by atoms with Crippen LogP contribution in [0.1, 0.15) is 252 Å². The van der Waals surface area contributed by atoms with E-state index in [1.165, 1.54) is 128 Å². The third-order valence-corrected chi connectivity index (χ3v) is 11.6. The molecule has 0 spiro atoms. The molecule has 0 aromatic heterocycles. The minimum atomic E-state index is -0.573. The van der Waals surface area contributed by atoms with E-state index < -0.39 is 6.10 Å². The van der Waals surface area contributed by atoms with Crippen LogP contribution in [0.15, 0.2) is 97.2 Å². The van der Waals surface area contributed by atoms with Crippen molar-refractivity contribution in [1.29, 1.82) is 0 Å². The molecule has 0 radical (unpaired) electrons. The number of esters is 2. The Morgan fingerprint density at radius 3 is 1.18 bits per heavy atom. The summed E-state index contributed by atoms with van der Waals surface area (Å²) in [4.78, 5) is 25.4. The molecule has 0 heterocycles. The van der Waals surface area contributed by atoms with Gasteiger partial charge < -0.3 is 14.2 Å². The van der Waals surface area contributed by atoms with E-state index in [1.54, 1.807) is 0 Å². The van der Waals surface area contributed by atoms with Crippen molar-refractivity contribution < 1.29 is 23.8 Å². The predicted octanol–water partition coefficient (Wildman–Crippen LogP) is 19.0. The fourth-order valence-corrected chi connectivity index (χ4v) is 7.45. The molecule has 0 saturated heterocycles. The summed E-state index contributed by atoms with van der Waals surface area (Å²) in [6, 6.07) is 0. The van der Waals surface area contributed by atoms with E-state index in [0.717, 1.165) is 89.9 Å². The highest BCUT2D eigenvalue weighted by molar-refractivity contribution is 5.70. The van der Waals surface area contributed by atoms with Gasteiger partial charge >= 0.3 is 11.9 Å². The molecule has 0 rings (SSSR count). The first-order valence-corrected chi connectivity index (χ1v) is 27.8.